The molecule has 0 N–H and O–H groups in total. The lowest BCUT2D eigenvalue weighted by molar-refractivity contribution is 0.668. The summed E-state index contributed by atoms with van der Waals surface area (Å²) in [4.78, 5) is 15.1. The Morgan fingerprint density at radius 2 is 1.03 bits per heavy atom. The molecule has 63 heavy (non-hydrogen) atoms. The number of rotatable bonds is 6. The molecule has 6 nitrogen and oxygen atoms in total. The van der Waals surface area contributed by atoms with Crippen LogP contribution in [0.2, 0.25) is 0 Å². The average Bonchev–Trinajstić information content (AvgIpc) is 4.11. The standard InChI is InChI=1S/C57H34N4O2/c1-3-14-35(15-4-1)36-28-30-37(31-29-36)40-20-11-25-48-52(40)43-33-32-39(34-51(43)63-48)56-58-55(38-16-5-2-6-17-38)59-57(60-56)44-21-12-26-49-53(44)54-47(24-13-27-50(54)62-49)61-45-22-9-7-18-41(45)42-19-8-10-23-46(42)61/h1-34H/i7D,8D,9D,12D,13D,18D,19D,24D,26D,27D. The van der Waals surface area contributed by atoms with E-state index in [1.165, 1.54) is 22.8 Å². The quantitative estimate of drug-likeness (QED) is 0.167. The normalized spacial score (nSPS) is 14.0. The third-order valence-electron chi connectivity index (χ3n) is 11.6. The van der Waals surface area contributed by atoms with Gasteiger partial charge in [-0.05, 0) is 70.7 Å². The zero-order chi connectivity index (χ0) is 50.1. The second-order valence-electron chi connectivity index (χ2n) is 15.2. The molecule has 4 heterocycles. The molecule has 6 heteroatoms. The third-order valence-corrected chi connectivity index (χ3v) is 11.6. The minimum atomic E-state index is -0.531. The highest BCUT2D eigenvalue weighted by atomic mass is 16.3. The molecule has 0 amide bonds. The maximum absolute atomic E-state index is 9.56. The van der Waals surface area contributed by atoms with Crippen molar-refractivity contribution in [3.8, 4) is 62.1 Å². The van der Waals surface area contributed by atoms with Gasteiger partial charge in [-0.25, -0.2) is 15.0 Å². The Bertz CT molecular complexity index is 4500. The summed E-state index contributed by atoms with van der Waals surface area (Å²) in [6, 6.07) is 41.9. The number of fused-ring (bicyclic) bond motifs is 9. The first-order chi connectivity index (χ1) is 35.4. The van der Waals surface area contributed by atoms with Crippen LogP contribution in [0.4, 0.5) is 0 Å². The summed E-state index contributed by atoms with van der Waals surface area (Å²) in [7, 11) is 0. The van der Waals surface area contributed by atoms with Crippen LogP contribution in [0.25, 0.3) is 128 Å². The predicted molar refractivity (Wildman–Crippen MR) is 256 cm³/mol. The summed E-state index contributed by atoms with van der Waals surface area (Å²) in [6.07, 6.45) is 0. The van der Waals surface area contributed by atoms with E-state index < -0.39 is 24.2 Å². The topological polar surface area (TPSA) is 69.9 Å². The fraction of sp³-hybridized carbons (Fsp3) is 0. The SMILES string of the molecule is [2H]c1cc2c(c([2H])c1[2H])c1c([2H])c([2H])ccc1n2-c1c([2H])c([2H])c([2H])c2oc3c([2H])c([2H])cc(-c4nc(-c5ccccc5)nc(-c5ccc6c(c5)oc5cccc(-c7ccc(-c8ccccc8)cc7)c56)n4)c3c12. The summed E-state index contributed by atoms with van der Waals surface area (Å²) < 4.78 is 104. The molecule has 0 unspecified atom stereocenters. The van der Waals surface area contributed by atoms with Gasteiger partial charge in [0, 0.05) is 43.6 Å². The van der Waals surface area contributed by atoms with Crippen molar-refractivity contribution in [2.24, 2.45) is 0 Å². The van der Waals surface area contributed by atoms with Crippen LogP contribution in [-0.2, 0) is 0 Å². The van der Waals surface area contributed by atoms with Crippen LogP contribution in [0.3, 0.4) is 0 Å². The minimum absolute atomic E-state index is 0.0406. The van der Waals surface area contributed by atoms with Crippen molar-refractivity contribution in [1.29, 1.82) is 0 Å². The molecular weight excluding hydrogens is 773 g/mol. The van der Waals surface area contributed by atoms with Crippen LogP contribution in [0.15, 0.2) is 215 Å². The summed E-state index contributed by atoms with van der Waals surface area (Å²) >= 11 is 0. The Hall–Kier alpha value is -8.61. The number of hydrogen-bond acceptors (Lipinski definition) is 5. The van der Waals surface area contributed by atoms with Crippen LogP contribution in [-0.4, -0.2) is 19.5 Å². The Balaban J connectivity index is 1.06. The fourth-order valence-corrected chi connectivity index (χ4v) is 8.75. The van der Waals surface area contributed by atoms with Gasteiger partial charge in [0.1, 0.15) is 22.3 Å². The van der Waals surface area contributed by atoms with E-state index in [9.17, 15) is 1.37 Å². The van der Waals surface area contributed by atoms with Gasteiger partial charge in [0.2, 0.25) is 0 Å². The number of para-hydroxylation sites is 2. The van der Waals surface area contributed by atoms with Crippen molar-refractivity contribution in [2.75, 3.05) is 0 Å². The first-order valence-electron chi connectivity index (χ1n) is 25.3. The molecule has 294 valence electrons. The molecule has 0 aliphatic rings. The van der Waals surface area contributed by atoms with Crippen molar-refractivity contribution < 1.29 is 22.5 Å². The summed E-state index contributed by atoms with van der Waals surface area (Å²) in [5.74, 6) is 0.582. The number of aromatic nitrogens is 4. The molecule has 0 atom stereocenters. The van der Waals surface area contributed by atoms with Crippen molar-refractivity contribution in [2.45, 2.75) is 0 Å². The smallest absolute Gasteiger partial charge is 0.164 e. The zero-order valence-electron chi connectivity index (χ0n) is 43.0. The Labute approximate surface area is 375 Å². The van der Waals surface area contributed by atoms with E-state index in [1.54, 1.807) is 6.07 Å². The summed E-state index contributed by atoms with van der Waals surface area (Å²) in [5.41, 5.74) is 6.99. The molecule has 9 aromatic carbocycles. The summed E-state index contributed by atoms with van der Waals surface area (Å²) in [5, 5.41) is 2.27. The molecule has 0 saturated heterocycles. The number of hydrogen-bond donors (Lipinski definition) is 0. The Kier molecular flexibility index (Phi) is 5.89. The summed E-state index contributed by atoms with van der Waals surface area (Å²) in [6.45, 7) is 0. The molecule has 13 aromatic rings. The van der Waals surface area contributed by atoms with Crippen LogP contribution >= 0.6 is 0 Å². The van der Waals surface area contributed by atoms with Crippen LogP contribution in [0.5, 0.6) is 0 Å². The van der Waals surface area contributed by atoms with Crippen molar-refractivity contribution in [3.05, 3.63) is 206 Å². The molecule has 4 aromatic heterocycles. The van der Waals surface area contributed by atoms with E-state index >= 15 is 0 Å². The molecule has 0 fully saturated rings. The van der Waals surface area contributed by atoms with Crippen LogP contribution in [0, 0.1) is 0 Å². The van der Waals surface area contributed by atoms with Crippen molar-refractivity contribution in [1.82, 2.24) is 19.5 Å². The molecule has 0 spiro atoms. The molecule has 0 aliphatic carbocycles. The van der Waals surface area contributed by atoms with E-state index in [-0.39, 0.29) is 109 Å². The maximum Gasteiger partial charge on any atom is 0.164 e. The monoisotopic (exact) mass is 816 g/mol. The Morgan fingerprint density at radius 3 is 1.87 bits per heavy atom. The van der Waals surface area contributed by atoms with Crippen molar-refractivity contribution in [3.63, 3.8) is 0 Å². The molecular formula is C57H34N4O2. The largest absolute Gasteiger partial charge is 0.456 e. The van der Waals surface area contributed by atoms with Gasteiger partial charge in [-0.15, -0.1) is 0 Å². The van der Waals surface area contributed by atoms with E-state index in [2.05, 4.69) is 42.5 Å². The van der Waals surface area contributed by atoms with Gasteiger partial charge >= 0.3 is 0 Å². The van der Waals surface area contributed by atoms with E-state index in [4.69, 9.17) is 36.1 Å². The van der Waals surface area contributed by atoms with Gasteiger partial charge in [0.05, 0.1) is 35.8 Å². The first kappa shape index (κ1) is 26.6. The number of nitrogens with zero attached hydrogens (tertiary/aromatic N) is 4. The van der Waals surface area contributed by atoms with Gasteiger partial charge in [-0.1, -0.05) is 158 Å². The van der Waals surface area contributed by atoms with Gasteiger partial charge in [-0.2, -0.15) is 0 Å². The lowest BCUT2D eigenvalue weighted by Crippen LogP contribution is -2.00. The number of furan rings is 2. The minimum Gasteiger partial charge on any atom is -0.456 e. The molecule has 0 saturated carbocycles. The van der Waals surface area contributed by atoms with Gasteiger partial charge in [0.25, 0.3) is 0 Å². The molecule has 0 aliphatic heterocycles. The third kappa shape index (κ3) is 5.62. The highest BCUT2D eigenvalue weighted by Gasteiger charge is 2.23. The lowest BCUT2D eigenvalue weighted by atomic mass is 9.96. The second-order valence-corrected chi connectivity index (χ2v) is 15.2. The molecule has 13 rings (SSSR count). The Morgan fingerprint density at radius 1 is 0.365 bits per heavy atom. The first-order valence-corrected chi connectivity index (χ1v) is 20.3. The predicted octanol–water partition coefficient (Wildman–Crippen LogP) is 15.1. The van der Waals surface area contributed by atoms with Gasteiger partial charge in [-0.3, -0.25) is 0 Å². The number of benzene rings is 9. The average molecular weight is 817 g/mol. The molecule has 0 bridgehead atoms. The molecule has 0 radical (unpaired) electrons. The second kappa shape index (κ2) is 14.0. The lowest BCUT2D eigenvalue weighted by Gasteiger charge is -2.11. The highest BCUT2D eigenvalue weighted by molar-refractivity contribution is 6.18. The zero-order valence-corrected chi connectivity index (χ0v) is 33.0. The van der Waals surface area contributed by atoms with E-state index in [1.807, 2.05) is 78.9 Å². The fourth-order valence-electron chi connectivity index (χ4n) is 8.75. The van der Waals surface area contributed by atoms with E-state index in [0.29, 0.717) is 22.3 Å². The van der Waals surface area contributed by atoms with Crippen LogP contribution < -0.4 is 0 Å². The van der Waals surface area contributed by atoms with Crippen LogP contribution in [0.1, 0.15) is 13.7 Å². The van der Waals surface area contributed by atoms with E-state index in [0.717, 1.165) is 33.0 Å². The maximum atomic E-state index is 9.56. The van der Waals surface area contributed by atoms with Gasteiger partial charge < -0.3 is 13.4 Å². The highest BCUT2D eigenvalue weighted by Crippen LogP contribution is 2.43. The van der Waals surface area contributed by atoms with Gasteiger partial charge in [0.15, 0.2) is 17.5 Å². The van der Waals surface area contributed by atoms with Crippen molar-refractivity contribution >= 4 is 65.7 Å².